The lowest BCUT2D eigenvalue weighted by molar-refractivity contribution is 0.679. The number of hydrogen-bond donors (Lipinski definition) is 1. The molecule has 0 unspecified atom stereocenters. The quantitative estimate of drug-likeness (QED) is 0.356. The van der Waals surface area contributed by atoms with E-state index in [1.807, 2.05) is 25.2 Å². The number of hydrogen-bond acceptors (Lipinski definition) is 3. The van der Waals surface area contributed by atoms with Gasteiger partial charge in [0.25, 0.3) is 0 Å². The second-order valence-electron chi connectivity index (χ2n) is 7.01. The van der Waals surface area contributed by atoms with Gasteiger partial charge in [0.05, 0.1) is 12.3 Å². The molecule has 4 heteroatoms. The molecule has 4 rings (SSSR count). The van der Waals surface area contributed by atoms with Crippen molar-refractivity contribution in [3.63, 3.8) is 0 Å². The minimum absolute atomic E-state index is 0.646. The second kappa shape index (κ2) is 8.50. The molecule has 1 N–H and O–H groups in total. The summed E-state index contributed by atoms with van der Waals surface area (Å²) in [5.74, 6) is 0.832. The van der Waals surface area contributed by atoms with Crippen molar-refractivity contribution in [1.82, 2.24) is 9.78 Å². The summed E-state index contributed by atoms with van der Waals surface area (Å²) in [6.45, 7) is 0. The van der Waals surface area contributed by atoms with Gasteiger partial charge in [-0.3, -0.25) is 4.68 Å². The van der Waals surface area contributed by atoms with Gasteiger partial charge in [-0.05, 0) is 22.8 Å². The van der Waals surface area contributed by atoms with Crippen molar-refractivity contribution in [3.05, 3.63) is 126 Å². The highest BCUT2D eigenvalue weighted by molar-refractivity contribution is 5.68. The van der Waals surface area contributed by atoms with Crippen LogP contribution in [0.15, 0.2) is 103 Å². The van der Waals surface area contributed by atoms with Gasteiger partial charge >= 0.3 is 0 Å². The van der Waals surface area contributed by atoms with Crippen LogP contribution in [0.5, 0.6) is 0 Å². The highest BCUT2D eigenvalue weighted by Crippen LogP contribution is 2.40. The Bertz CT molecular complexity index is 1070. The number of nitriles is 1. The van der Waals surface area contributed by atoms with E-state index in [2.05, 4.69) is 89.3 Å². The molecule has 0 radical (unpaired) electrons. The van der Waals surface area contributed by atoms with E-state index < -0.39 is 5.54 Å². The van der Waals surface area contributed by atoms with Gasteiger partial charge in [-0.2, -0.15) is 10.4 Å². The minimum atomic E-state index is -0.646. The SMILES string of the molecule is Cn1ncc(/C=C/C#N)c1NC(c1ccccc1)(c1ccccc1)c1ccccc1. The summed E-state index contributed by atoms with van der Waals surface area (Å²) in [6.07, 6.45) is 5.01. The van der Waals surface area contributed by atoms with E-state index in [1.165, 1.54) is 6.08 Å². The van der Waals surface area contributed by atoms with Crippen molar-refractivity contribution in [1.29, 1.82) is 5.26 Å². The number of benzene rings is 3. The Kier molecular flexibility index (Phi) is 5.45. The number of allylic oxidation sites excluding steroid dienone is 1. The van der Waals surface area contributed by atoms with Crippen LogP contribution in [0.25, 0.3) is 6.08 Å². The van der Waals surface area contributed by atoms with Crippen LogP contribution in [0, 0.1) is 11.3 Å². The van der Waals surface area contributed by atoms with E-state index in [0.29, 0.717) is 0 Å². The second-order valence-corrected chi connectivity index (χ2v) is 7.01. The van der Waals surface area contributed by atoms with Gasteiger partial charge in [0.2, 0.25) is 0 Å². The van der Waals surface area contributed by atoms with Crippen molar-refractivity contribution in [2.24, 2.45) is 7.05 Å². The van der Waals surface area contributed by atoms with Crippen molar-refractivity contribution in [2.75, 3.05) is 5.32 Å². The normalized spacial score (nSPS) is 11.3. The van der Waals surface area contributed by atoms with Crippen LogP contribution in [-0.4, -0.2) is 9.78 Å². The highest BCUT2D eigenvalue weighted by Gasteiger charge is 2.37. The zero-order valence-electron chi connectivity index (χ0n) is 16.7. The minimum Gasteiger partial charge on any atom is -0.352 e. The van der Waals surface area contributed by atoms with Crippen molar-refractivity contribution in [3.8, 4) is 6.07 Å². The van der Waals surface area contributed by atoms with Crippen LogP contribution < -0.4 is 5.32 Å². The fraction of sp³-hybridized carbons (Fsp3) is 0.0769. The predicted molar refractivity (Wildman–Crippen MR) is 121 cm³/mol. The summed E-state index contributed by atoms with van der Waals surface area (Å²) in [6, 6.07) is 33.3. The van der Waals surface area contributed by atoms with E-state index in [0.717, 1.165) is 28.1 Å². The lowest BCUT2D eigenvalue weighted by Gasteiger charge is -2.38. The van der Waals surface area contributed by atoms with Crippen molar-refractivity contribution >= 4 is 11.9 Å². The summed E-state index contributed by atoms with van der Waals surface area (Å²) >= 11 is 0. The molecule has 0 atom stereocenters. The van der Waals surface area contributed by atoms with Crippen molar-refractivity contribution in [2.45, 2.75) is 5.54 Å². The van der Waals surface area contributed by atoms with Gasteiger partial charge in [-0.25, -0.2) is 0 Å². The number of nitrogens with zero attached hydrogens (tertiary/aromatic N) is 3. The zero-order valence-corrected chi connectivity index (χ0v) is 16.7. The summed E-state index contributed by atoms with van der Waals surface area (Å²) in [5, 5.41) is 17.2. The van der Waals surface area contributed by atoms with E-state index in [9.17, 15) is 0 Å². The molecular weight excluding hydrogens is 368 g/mol. The zero-order chi connectivity index (χ0) is 20.8. The maximum atomic E-state index is 9.01. The number of nitrogens with one attached hydrogen (secondary N) is 1. The molecule has 0 amide bonds. The smallest absolute Gasteiger partial charge is 0.132 e. The summed E-state index contributed by atoms with van der Waals surface area (Å²) in [4.78, 5) is 0. The molecular formula is C26H22N4. The fourth-order valence-electron chi connectivity index (χ4n) is 3.82. The molecule has 1 aromatic heterocycles. The first-order chi connectivity index (χ1) is 14.8. The summed E-state index contributed by atoms with van der Waals surface area (Å²) in [7, 11) is 1.90. The molecule has 0 aliphatic carbocycles. The van der Waals surface area contributed by atoms with Crippen LogP contribution in [0.4, 0.5) is 5.82 Å². The highest BCUT2D eigenvalue weighted by atomic mass is 15.3. The van der Waals surface area contributed by atoms with E-state index in [4.69, 9.17) is 5.26 Å². The molecule has 0 fully saturated rings. The molecule has 146 valence electrons. The first-order valence-electron chi connectivity index (χ1n) is 9.78. The van der Waals surface area contributed by atoms with Gasteiger partial charge in [0.1, 0.15) is 11.4 Å². The Balaban J connectivity index is 2.01. The van der Waals surface area contributed by atoms with Crippen LogP contribution >= 0.6 is 0 Å². The van der Waals surface area contributed by atoms with Gasteiger partial charge < -0.3 is 5.32 Å². The number of aryl methyl sites for hydroxylation is 1. The maximum Gasteiger partial charge on any atom is 0.132 e. The molecule has 0 aliphatic heterocycles. The van der Waals surface area contributed by atoms with Crippen LogP contribution in [-0.2, 0) is 12.6 Å². The van der Waals surface area contributed by atoms with E-state index in [-0.39, 0.29) is 0 Å². The Morgan fingerprint density at radius 1 is 0.833 bits per heavy atom. The molecule has 3 aromatic carbocycles. The molecule has 4 nitrogen and oxygen atoms in total. The third-order valence-electron chi connectivity index (χ3n) is 5.23. The summed E-state index contributed by atoms with van der Waals surface area (Å²) < 4.78 is 1.81. The lowest BCUT2D eigenvalue weighted by atomic mass is 9.77. The molecule has 4 aromatic rings. The van der Waals surface area contributed by atoms with Gasteiger partial charge in [-0.15, -0.1) is 0 Å². The van der Waals surface area contributed by atoms with E-state index >= 15 is 0 Å². The molecule has 0 bridgehead atoms. The van der Waals surface area contributed by atoms with Crippen molar-refractivity contribution < 1.29 is 0 Å². The lowest BCUT2D eigenvalue weighted by Crippen LogP contribution is -2.39. The molecule has 0 saturated carbocycles. The van der Waals surface area contributed by atoms with E-state index in [1.54, 1.807) is 17.0 Å². The average molecular weight is 390 g/mol. The van der Waals surface area contributed by atoms with Crippen LogP contribution in [0.3, 0.4) is 0 Å². The molecule has 0 aliphatic rings. The molecule has 30 heavy (non-hydrogen) atoms. The standard InChI is InChI=1S/C26H22N4/c1-30-25(21(20-28-30)12-11-19-27)29-26(22-13-5-2-6-14-22,23-15-7-3-8-16-23)24-17-9-4-10-18-24/h2-18,20,29H,1H3/b12-11+. The fourth-order valence-corrected chi connectivity index (χ4v) is 3.82. The summed E-state index contributed by atoms with van der Waals surface area (Å²) in [5.41, 5.74) is 3.54. The molecule has 0 saturated heterocycles. The molecule has 1 heterocycles. The average Bonchev–Trinajstić information content (AvgIpc) is 3.16. The Hall–Kier alpha value is -4.10. The first-order valence-corrected chi connectivity index (χ1v) is 9.78. The maximum absolute atomic E-state index is 9.01. The third-order valence-corrected chi connectivity index (χ3v) is 5.23. The van der Waals surface area contributed by atoms with Gasteiger partial charge in [-0.1, -0.05) is 91.0 Å². The van der Waals surface area contributed by atoms with Crippen LogP contribution in [0.1, 0.15) is 22.3 Å². The number of anilines is 1. The first kappa shape index (κ1) is 19.2. The molecule has 0 spiro atoms. The topological polar surface area (TPSA) is 53.6 Å². The monoisotopic (exact) mass is 390 g/mol. The predicted octanol–water partition coefficient (Wildman–Crippen LogP) is 5.36. The Labute approximate surface area is 176 Å². The largest absolute Gasteiger partial charge is 0.352 e. The Morgan fingerprint density at radius 3 is 1.73 bits per heavy atom. The van der Waals surface area contributed by atoms with Gasteiger partial charge in [0, 0.05) is 18.7 Å². The van der Waals surface area contributed by atoms with Crippen LogP contribution in [0.2, 0.25) is 0 Å². The number of rotatable bonds is 6. The third kappa shape index (κ3) is 3.49. The van der Waals surface area contributed by atoms with Gasteiger partial charge in [0.15, 0.2) is 0 Å². The number of aromatic nitrogens is 2. The Morgan fingerprint density at radius 2 is 1.30 bits per heavy atom.